The van der Waals surface area contributed by atoms with Gasteiger partial charge in [0, 0.05) is 11.6 Å². The fourth-order valence-electron chi connectivity index (χ4n) is 2.29. The number of hydrogen-bond acceptors (Lipinski definition) is 3. The standard InChI is InChI=1S/C14H13NO2/c1-16-11-8-10-5-3-4-9-6-7-15-13(12(9)10)14(11)17-2/h3-8,15H,1-2H3. The van der Waals surface area contributed by atoms with Gasteiger partial charge in [0.25, 0.3) is 0 Å². The largest absolute Gasteiger partial charge is 0.493 e. The molecule has 0 unspecified atom stereocenters. The molecule has 2 aromatic rings. The van der Waals surface area contributed by atoms with E-state index in [0.29, 0.717) is 0 Å². The van der Waals surface area contributed by atoms with E-state index in [2.05, 4.69) is 23.5 Å². The molecule has 1 aliphatic rings. The second-order valence-corrected chi connectivity index (χ2v) is 3.91. The second-order valence-electron chi connectivity index (χ2n) is 3.91. The van der Waals surface area contributed by atoms with E-state index < -0.39 is 0 Å². The maximum absolute atomic E-state index is 5.43. The average molecular weight is 227 g/mol. The van der Waals surface area contributed by atoms with Crippen LogP contribution in [0.25, 0.3) is 16.8 Å². The van der Waals surface area contributed by atoms with Crippen LogP contribution in [0.3, 0.4) is 0 Å². The molecule has 3 nitrogen and oxygen atoms in total. The lowest BCUT2D eigenvalue weighted by atomic mass is 9.99. The molecule has 0 saturated carbocycles. The zero-order valence-electron chi connectivity index (χ0n) is 9.78. The van der Waals surface area contributed by atoms with Crippen LogP contribution in [0, 0.1) is 0 Å². The maximum atomic E-state index is 5.43. The predicted octanol–water partition coefficient (Wildman–Crippen LogP) is 3.25. The van der Waals surface area contributed by atoms with Gasteiger partial charge in [-0.1, -0.05) is 18.2 Å². The number of benzene rings is 2. The van der Waals surface area contributed by atoms with Crippen molar-refractivity contribution in [3.05, 3.63) is 36.0 Å². The smallest absolute Gasteiger partial charge is 0.184 e. The number of nitrogens with one attached hydrogen (secondary N) is 1. The maximum Gasteiger partial charge on any atom is 0.184 e. The van der Waals surface area contributed by atoms with Crippen LogP contribution in [0.15, 0.2) is 30.5 Å². The summed E-state index contributed by atoms with van der Waals surface area (Å²) in [6, 6.07) is 8.21. The first-order valence-corrected chi connectivity index (χ1v) is 5.46. The van der Waals surface area contributed by atoms with E-state index in [0.717, 1.165) is 22.6 Å². The van der Waals surface area contributed by atoms with E-state index in [-0.39, 0.29) is 0 Å². The molecule has 0 fully saturated rings. The number of anilines is 1. The monoisotopic (exact) mass is 227 g/mol. The van der Waals surface area contributed by atoms with Gasteiger partial charge in [-0.25, -0.2) is 0 Å². The van der Waals surface area contributed by atoms with Gasteiger partial charge in [-0.05, 0) is 23.1 Å². The van der Waals surface area contributed by atoms with Gasteiger partial charge in [0.05, 0.1) is 19.9 Å². The molecule has 3 rings (SSSR count). The Morgan fingerprint density at radius 2 is 2.00 bits per heavy atom. The highest BCUT2D eigenvalue weighted by atomic mass is 16.5. The van der Waals surface area contributed by atoms with Crippen molar-refractivity contribution in [1.29, 1.82) is 0 Å². The van der Waals surface area contributed by atoms with Gasteiger partial charge in [-0.2, -0.15) is 0 Å². The lowest BCUT2D eigenvalue weighted by Crippen LogP contribution is -2.01. The Labute approximate surface area is 99.7 Å². The Morgan fingerprint density at radius 1 is 1.12 bits per heavy atom. The Balaban J connectivity index is 2.45. The fraction of sp³-hybridized carbons (Fsp3) is 0.143. The molecule has 1 heterocycles. The normalized spacial score (nSPS) is 12.4. The van der Waals surface area contributed by atoms with E-state index in [1.54, 1.807) is 14.2 Å². The summed E-state index contributed by atoms with van der Waals surface area (Å²) < 4.78 is 10.8. The van der Waals surface area contributed by atoms with E-state index in [9.17, 15) is 0 Å². The van der Waals surface area contributed by atoms with Crippen molar-refractivity contribution in [2.45, 2.75) is 0 Å². The minimum absolute atomic E-state index is 0.745. The molecule has 2 aromatic carbocycles. The van der Waals surface area contributed by atoms with Crippen molar-refractivity contribution in [1.82, 2.24) is 0 Å². The zero-order chi connectivity index (χ0) is 11.8. The average Bonchev–Trinajstić information content (AvgIpc) is 2.39. The van der Waals surface area contributed by atoms with Crippen LogP contribution >= 0.6 is 0 Å². The molecule has 17 heavy (non-hydrogen) atoms. The summed E-state index contributed by atoms with van der Waals surface area (Å²) in [5.74, 6) is 1.49. The van der Waals surface area contributed by atoms with Crippen LogP contribution in [0.5, 0.6) is 11.5 Å². The lowest BCUT2D eigenvalue weighted by Gasteiger charge is -2.19. The van der Waals surface area contributed by atoms with Crippen LogP contribution in [0.1, 0.15) is 5.56 Å². The number of hydrogen-bond donors (Lipinski definition) is 1. The van der Waals surface area contributed by atoms with Crippen LogP contribution in [-0.4, -0.2) is 14.2 Å². The predicted molar refractivity (Wildman–Crippen MR) is 69.7 cm³/mol. The third-order valence-electron chi connectivity index (χ3n) is 3.03. The third kappa shape index (κ3) is 1.35. The van der Waals surface area contributed by atoms with Crippen molar-refractivity contribution in [3.8, 4) is 11.5 Å². The number of rotatable bonds is 2. The van der Waals surface area contributed by atoms with Crippen LogP contribution < -0.4 is 14.8 Å². The Morgan fingerprint density at radius 3 is 2.76 bits per heavy atom. The Kier molecular flexibility index (Phi) is 2.18. The molecular weight excluding hydrogens is 214 g/mol. The molecule has 0 amide bonds. The van der Waals surface area contributed by atoms with Crippen LogP contribution in [-0.2, 0) is 0 Å². The number of methoxy groups -OCH3 is 2. The highest BCUT2D eigenvalue weighted by Crippen LogP contribution is 2.44. The molecule has 0 radical (unpaired) electrons. The van der Waals surface area contributed by atoms with Gasteiger partial charge >= 0.3 is 0 Å². The highest BCUT2D eigenvalue weighted by molar-refractivity contribution is 6.06. The first kappa shape index (κ1) is 10.0. The highest BCUT2D eigenvalue weighted by Gasteiger charge is 2.17. The molecule has 0 aromatic heterocycles. The van der Waals surface area contributed by atoms with E-state index >= 15 is 0 Å². The summed E-state index contributed by atoms with van der Waals surface area (Å²) in [5, 5.41) is 5.55. The number of ether oxygens (including phenoxy) is 2. The van der Waals surface area contributed by atoms with E-state index in [1.165, 1.54) is 10.9 Å². The van der Waals surface area contributed by atoms with Crippen molar-refractivity contribution >= 4 is 22.5 Å². The first-order valence-electron chi connectivity index (χ1n) is 5.46. The molecule has 1 N–H and O–H groups in total. The van der Waals surface area contributed by atoms with Gasteiger partial charge in [-0.3, -0.25) is 0 Å². The summed E-state index contributed by atoms with van der Waals surface area (Å²) in [4.78, 5) is 0. The van der Waals surface area contributed by atoms with Crippen molar-refractivity contribution < 1.29 is 9.47 Å². The fourth-order valence-corrected chi connectivity index (χ4v) is 2.29. The SMILES string of the molecule is COc1cc2cccc3c2c(c1OC)NC=C3. The molecule has 1 aliphatic heterocycles. The summed E-state index contributed by atoms with van der Waals surface area (Å²) >= 11 is 0. The van der Waals surface area contributed by atoms with Crippen molar-refractivity contribution in [3.63, 3.8) is 0 Å². The Bertz CT molecular complexity index is 617. The third-order valence-corrected chi connectivity index (χ3v) is 3.03. The molecule has 86 valence electrons. The van der Waals surface area contributed by atoms with Gasteiger partial charge < -0.3 is 14.8 Å². The molecule has 0 spiro atoms. The lowest BCUT2D eigenvalue weighted by molar-refractivity contribution is 0.357. The molecule has 0 bridgehead atoms. The van der Waals surface area contributed by atoms with Gasteiger partial charge in [0.1, 0.15) is 0 Å². The molecule has 0 aliphatic carbocycles. The second kappa shape index (κ2) is 3.70. The topological polar surface area (TPSA) is 30.5 Å². The quantitative estimate of drug-likeness (QED) is 0.854. The molecular formula is C14H13NO2. The van der Waals surface area contributed by atoms with Crippen molar-refractivity contribution in [2.24, 2.45) is 0 Å². The summed E-state index contributed by atoms with van der Waals surface area (Å²) in [5.41, 5.74) is 2.16. The summed E-state index contributed by atoms with van der Waals surface area (Å²) in [7, 11) is 3.31. The van der Waals surface area contributed by atoms with E-state index in [1.807, 2.05) is 18.3 Å². The zero-order valence-corrected chi connectivity index (χ0v) is 9.78. The van der Waals surface area contributed by atoms with Crippen LogP contribution in [0.2, 0.25) is 0 Å². The minimum Gasteiger partial charge on any atom is -0.493 e. The summed E-state index contributed by atoms with van der Waals surface area (Å²) in [6.07, 6.45) is 3.97. The van der Waals surface area contributed by atoms with Crippen molar-refractivity contribution in [2.75, 3.05) is 19.5 Å². The molecule has 3 heteroatoms. The summed E-state index contributed by atoms with van der Waals surface area (Å²) in [6.45, 7) is 0. The van der Waals surface area contributed by atoms with Gasteiger partial charge in [0.2, 0.25) is 0 Å². The van der Waals surface area contributed by atoms with Crippen LogP contribution in [0.4, 0.5) is 5.69 Å². The Hall–Kier alpha value is -2.16. The first-order chi connectivity index (χ1) is 8.35. The van der Waals surface area contributed by atoms with Gasteiger partial charge in [-0.15, -0.1) is 0 Å². The molecule has 0 saturated heterocycles. The van der Waals surface area contributed by atoms with Gasteiger partial charge in [0.15, 0.2) is 11.5 Å². The van der Waals surface area contributed by atoms with E-state index in [4.69, 9.17) is 9.47 Å². The minimum atomic E-state index is 0.745. The molecule has 0 atom stereocenters.